The van der Waals surface area contributed by atoms with Gasteiger partial charge in [0, 0.05) is 80.9 Å². The topological polar surface area (TPSA) is 67.7 Å². The molecule has 2 unspecified atom stereocenters. The smallest absolute Gasteiger partial charge is 0.101 e. The molecule has 192 valence electrons. The Morgan fingerprint density at radius 1 is 0.973 bits per heavy atom. The van der Waals surface area contributed by atoms with Crippen LogP contribution in [0.15, 0.2) is 48.7 Å². The highest BCUT2D eigenvalue weighted by Crippen LogP contribution is 2.32. The molecule has 0 aliphatic carbocycles. The predicted octanol–water partition coefficient (Wildman–Crippen LogP) is 3.90. The number of piperazine rings is 1. The lowest BCUT2D eigenvalue weighted by Crippen LogP contribution is -2.54. The summed E-state index contributed by atoms with van der Waals surface area (Å²) in [7, 11) is 0. The average molecular weight is 497 g/mol. The molecule has 7 heteroatoms. The molecule has 7 nitrogen and oxygen atoms in total. The number of nitrogens with one attached hydrogen (secondary N) is 1. The molecule has 4 heterocycles. The number of benzene rings is 2. The van der Waals surface area contributed by atoms with E-state index in [1.54, 1.807) is 6.20 Å². The van der Waals surface area contributed by atoms with Crippen LogP contribution in [-0.2, 0) is 17.8 Å². The number of pyridine rings is 1. The van der Waals surface area contributed by atoms with E-state index in [0.29, 0.717) is 17.6 Å². The Morgan fingerprint density at radius 2 is 1.78 bits per heavy atom. The summed E-state index contributed by atoms with van der Waals surface area (Å²) in [5, 5.41) is 14.2. The third-order valence-corrected chi connectivity index (χ3v) is 7.90. The van der Waals surface area contributed by atoms with Gasteiger partial charge in [0.2, 0.25) is 0 Å². The van der Waals surface area contributed by atoms with Crippen molar-refractivity contribution in [2.24, 2.45) is 0 Å². The second kappa shape index (κ2) is 9.94. The van der Waals surface area contributed by atoms with Gasteiger partial charge in [0.1, 0.15) is 6.07 Å². The number of fused-ring (bicyclic) bond motifs is 2. The molecule has 2 fully saturated rings. The van der Waals surface area contributed by atoms with Crippen LogP contribution in [0.4, 0.5) is 11.4 Å². The van der Waals surface area contributed by atoms with Crippen LogP contribution in [-0.4, -0.2) is 66.9 Å². The first-order valence-electron chi connectivity index (χ1n) is 13.5. The summed E-state index contributed by atoms with van der Waals surface area (Å²) in [6.07, 6.45) is 2.02. The number of morpholine rings is 1. The van der Waals surface area contributed by atoms with Crippen molar-refractivity contribution >= 4 is 22.3 Å². The van der Waals surface area contributed by atoms with Crippen LogP contribution in [0.25, 0.3) is 10.9 Å². The van der Waals surface area contributed by atoms with Crippen molar-refractivity contribution in [3.05, 3.63) is 65.4 Å². The zero-order valence-electron chi connectivity index (χ0n) is 22.0. The maximum Gasteiger partial charge on any atom is 0.101 e. The van der Waals surface area contributed by atoms with E-state index in [9.17, 15) is 5.26 Å². The van der Waals surface area contributed by atoms with Gasteiger partial charge in [-0.05, 0) is 68.3 Å². The first-order valence-corrected chi connectivity index (χ1v) is 13.5. The maximum absolute atomic E-state index is 9.53. The normalized spacial score (nSPS) is 26.3. The Labute approximate surface area is 219 Å². The van der Waals surface area contributed by atoms with E-state index in [2.05, 4.69) is 82.2 Å². The zero-order chi connectivity index (χ0) is 25.5. The van der Waals surface area contributed by atoms with Gasteiger partial charge in [-0.15, -0.1) is 0 Å². The number of ether oxygens (including phenoxy) is 1. The molecule has 0 saturated carbocycles. The van der Waals surface area contributed by atoms with Crippen molar-refractivity contribution in [3.8, 4) is 6.07 Å². The van der Waals surface area contributed by atoms with Crippen LogP contribution in [0, 0.1) is 11.3 Å². The van der Waals surface area contributed by atoms with Crippen LogP contribution in [0.3, 0.4) is 0 Å². The van der Waals surface area contributed by atoms with Crippen molar-refractivity contribution in [1.29, 1.82) is 5.26 Å². The third kappa shape index (κ3) is 4.89. The molecule has 3 aliphatic rings. The number of anilines is 2. The molecule has 3 aromatic rings. The number of aromatic nitrogens is 1. The van der Waals surface area contributed by atoms with Crippen molar-refractivity contribution in [2.75, 3.05) is 42.5 Å². The summed E-state index contributed by atoms with van der Waals surface area (Å²) in [6, 6.07) is 18.3. The molecular weight excluding hydrogens is 460 g/mol. The molecular formula is C30H36N6O. The maximum atomic E-state index is 9.53. The molecule has 2 aromatic carbocycles. The first kappa shape index (κ1) is 24.2. The minimum atomic E-state index is 0.120. The molecule has 6 rings (SSSR count). The number of nitriles is 1. The molecule has 4 atom stereocenters. The fourth-order valence-electron chi connectivity index (χ4n) is 6.47. The molecule has 3 aliphatic heterocycles. The highest BCUT2D eigenvalue weighted by Gasteiger charge is 2.31. The lowest BCUT2D eigenvalue weighted by Gasteiger charge is -2.40. The third-order valence-electron chi connectivity index (χ3n) is 7.90. The van der Waals surface area contributed by atoms with E-state index in [1.807, 2.05) is 12.1 Å². The first-order chi connectivity index (χ1) is 18.0. The zero-order valence-corrected chi connectivity index (χ0v) is 22.0. The van der Waals surface area contributed by atoms with Gasteiger partial charge in [0.05, 0.1) is 23.3 Å². The highest BCUT2D eigenvalue weighted by atomic mass is 16.5. The Bertz CT molecular complexity index is 1330. The second-order valence-electron chi connectivity index (χ2n) is 11.1. The SMILES string of the molecule is CC1CN(c2ccc3c(c2)CN(C[C@H]2CN(c4ccc(C#N)c5ncccc45)C[C@@H](C)O2)C3)CC(C)N1. The molecule has 2 saturated heterocycles. The highest BCUT2D eigenvalue weighted by molar-refractivity contribution is 5.95. The summed E-state index contributed by atoms with van der Waals surface area (Å²) < 4.78 is 6.43. The van der Waals surface area contributed by atoms with Crippen LogP contribution < -0.4 is 15.1 Å². The predicted molar refractivity (Wildman–Crippen MR) is 148 cm³/mol. The summed E-state index contributed by atoms with van der Waals surface area (Å²) in [6.45, 7) is 13.3. The summed E-state index contributed by atoms with van der Waals surface area (Å²) in [5.41, 5.74) is 6.76. The number of rotatable bonds is 4. The fraction of sp³-hybridized carbons (Fsp3) is 0.467. The minimum Gasteiger partial charge on any atom is -0.370 e. The Hall–Kier alpha value is -3.18. The fourth-order valence-corrected chi connectivity index (χ4v) is 6.47. The van der Waals surface area contributed by atoms with Gasteiger partial charge in [0.15, 0.2) is 0 Å². The number of hydrogen-bond donors (Lipinski definition) is 1. The van der Waals surface area contributed by atoms with Gasteiger partial charge in [-0.1, -0.05) is 6.07 Å². The largest absolute Gasteiger partial charge is 0.370 e. The van der Waals surface area contributed by atoms with Crippen LogP contribution >= 0.6 is 0 Å². The second-order valence-corrected chi connectivity index (χ2v) is 11.1. The molecule has 0 bridgehead atoms. The van der Waals surface area contributed by atoms with Crippen molar-refractivity contribution < 1.29 is 4.74 Å². The van der Waals surface area contributed by atoms with Gasteiger partial charge in [-0.3, -0.25) is 9.88 Å². The quantitative estimate of drug-likeness (QED) is 0.588. The molecule has 0 amide bonds. The minimum absolute atomic E-state index is 0.120. The number of hydrogen-bond acceptors (Lipinski definition) is 7. The Balaban J connectivity index is 1.16. The van der Waals surface area contributed by atoms with Gasteiger partial charge >= 0.3 is 0 Å². The van der Waals surface area contributed by atoms with Gasteiger partial charge in [0.25, 0.3) is 0 Å². The summed E-state index contributed by atoms with van der Waals surface area (Å²) in [4.78, 5) is 12.0. The van der Waals surface area contributed by atoms with E-state index in [0.717, 1.165) is 62.4 Å². The van der Waals surface area contributed by atoms with Crippen molar-refractivity contribution in [1.82, 2.24) is 15.2 Å². The average Bonchev–Trinajstić information content (AvgIpc) is 3.28. The van der Waals surface area contributed by atoms with E-state index >= 15 is 0 Å². The summed E-state index contributed by atoms with van der Waals surface area (Å²) >= 11 is 0. The van der Waals surface area contributed by atoms with Gasteiger partial charge in [-0.25, -0.2) is 0 Å². The molecule has 1 N–H and O–H groups in total. The van der Waals surface area contributed by atoms with Crippen LogP contribution in [0.5, 0.6) is 0 Å². The Kier molecular flexibility index (Phi) is 6.49. The lowest BCUT2D eigenvalue weighted by molar-refractivity contribution is -0.0329. The standard InChI is InChI=1S/C30H36N6O/c1-20-13-35(14-21(2)33-20)26-8-6-24-16-34(17-25(24)11-26)18-27-19-36(15-22(3)37-27)29-9-7-23(12-31)30-28(29)5-4-10-32-30/h4-11,20-22,27,33H,13-19H2,1-3H3/t20?,21?,22-,27+/m1/s1. The van der Waals surface area contributed by atoms with E-state index in [-0.39, 0.29) is 12.2 Å². The van der Waals surface area contributed by atoms with Gasteiger partial charge < -0.3 is 19.9 Å². The summed E-state index contributed by atoms with van der Waals surface area (Å²) in [5.74, 6) is 0. The van der Waals surface area contributed by atoms with Crippen molar-refractivity contribution in [3.63, 3.8) is 0 Å². The van der Waals surface area contributed by atoms with Crippen molar-refractivity contribution in [2.45, 2.75) is 58.2 Å². The molecule has 1 aromatic heterocycles. The van der Waals surface area contributed by atoms with Gasteiger partial charge in [-0.2, -0.15) is 5.26 Å². The molecule has 37 heavy (non-hydrogen) atoms. The number of nitrogens with zero attached hydrogens (tertiary/aromatic N) is 5. The van der Waals surface area contributed by atoms with E-state index < -0.39 is 0 Å². The molecule has 0 spiro atoms. The molecule has 0 radical (unpaired) electrons. The lowest BCUT2D eigenvalue weighted by atomic mass is 10.1. The van der Waals surface area contributed by atoms with E-state index in [4.69, 9.17) is 4.74 Å². The monoisotopic (exact) mass is 496 g/mol. The van der Waals surface area contributed by atoms with Crippen LogP contribution in [0.1, 0.15) is 37.5 Å². The van der Waals surface area contributed by atoms with E-state index in [1.165, 1.54) is 16.8 Å². The Morgan fingerprint density at radius 3 is 2.59 bits per heavy atom. The van der Waals surface area contributed by atoms with Crippen LogP contribution in [0.2, 0.25) is 0 Å².